The van der Waals surface area contributed by atoms with Gasteiger partial charge in [0.2, 0.25) is 0 Å². The van der Waals surface area contributed by atoms with Crippen LogP contribution in [-0.2, 0) is 0 Å². The maximum absolute atomic E-state index is 6.07. The molecule has 0 N–H and O–H groups in total. The summed E-state index contributed by atoms with van der Waals surface area (Å²) in [7, 11) is 0. The summed E-state index contributed by atoms with van der Waals surface area (Å²) in [6.45, 7) is 6.31. The number of benzene rings is 1. The smallest absolute Gasteiger partial charge is 0.156 e. The summed E-state index contributed by atoms with van der Waals surface area (Å²) in [5.74, 6) is 0.343. The SMILES string of the molecule is Cc1nc2cc(-c3cccc(Cl)c3)nn2c(C(C)C)c1Br. The Morgan fingerprint density at radius 1 is 1.24 bits per heavy atom. The minimum Gasteiger partial charge on any atom is -0.233 e. The summed E-state index contributed by atoms with van der Waals surface area (Å²) in [4.78, 5) is 4.61. The fraction of sp³-hybridized carbons (Fsp3) is 0.250. The van der Waals surface area contributed by atoms with Gasteiger partial charge >= 0.3 is 0 Å². The van der Waals surface area contributed by atoms with E-state index in [0.717, 1.165) is 32.8 Å². The zero-order valence-corrected chi connectivity index (χ0v) is 14.4. The van der Waals surface area contributed by atoms with Crippen molar-refractivity contribution in [1.82, 2.24) is 14.6 Å². The van der Waals surface area contributed by atoms with E-state index in [1.54, 1.807) is 0 Å². The molecule has 0 saturated carbocycles. The predicted molar refractivity (Wildman–Crippen MR) is 90.0 cm³/mol. The van der Waals surface area contributed by atoms with Crippen LogP contribution in [0.1, 0.15) is 31.2 Å². The number of hydrogen-bond acceptors (Lipinski definition) is 2. The molecule has 0 unspecified atom stereocenters. The first-order chi connectivity index (χ1) is 9.97. The molecule has 0 aliphatic rings. The van der Waals surface area contributed by atoms with Gasteiger partial charge < -0.3 is 0 Å². The lowest BCUT2D eigenvalue weighted by atomic mass is 10.1. The molecule has 2 aromatic heterocycles. The van der Waals surface area contributed by atoms with Crippen LogP contribution >= 0.6 is 27.5 Å². The van der Waals surface area contributed by atoms with Crippen LogP contribution in [-0.4, -0.2) is 14.6 Å². The largest absolute Gasteiger partial charge is 0.233 e. The van der Waals surface area contributed by atoms with Gasteiger partial charge in [0, 0.05) is 16.7 Å². The third-order valence-corrected chi connectivity index (χ3v) is 4.63. The van der Waals surface area contributed by atoms with Gasteiger partial charge in [0.15, 0.2) is 5.65 Å². The Balaban J connectivity index is 2.27. The Labute approximate surface area is 137 Å². The number of nitrogens with zero attached hydrogens (tertiary/aromatic N) is 3. The number of rotatable bonds is 2. The van der Waals surface area contributed by atoms with Crippen molar-refractivity contribution < 1.29 is 0 Å². The Hall–Kier alpha value is -1.39. The highest BCUT2D eigenvalue weighted by Crippen LogP contribution is 2.30. The van der Waals surface area contributed by atoms with Crippen molar-refractivity contribution in [2.75, 3.05) is 0 Å². The molecule has 5 heteroatoms. The van der Waals surface area contributed by atoms with Crippen molar-refractivity contribution >= 4 is 33.2 Å². The summed E-state index contributed by atoms with van der Waals surface area (Å²) >= 11 is 9.70. The molecule has 0 fully saturated rings. The van der Waals surface area contributed by atoms with Crippen LogP contribution in [0.25, 0.3) is 16.9 Å². The normalized spacial score (nSPS) is 11.5. The number of aryl methyl sites for hydroxylation is 1. The second-order valence-electron chi connectivity index (χ2n) is 5.36. The fourth-order valence-corrected chi connectivity index (χ4v) is 3.32. The molecule has 0 aliphatic heterocycles. The third kappa shape index (κ3) is 2.58. The standard InChI is InChI=1S/C16H15BrClN3/c1-9(2)16-15(17)10(3)19-14-8-13(20-21(14)16)11-5-4-6-12(18)7-11/h4-9H,1-3H3. The van der Waals surface area contributed by atoms with Crippen LogP contribution < -0.4 is 0 Å². The van der Waals surface area contributed by atoms with E-state index >= 15 is 0 Å². The highest BCUT2D eigenvalue weighted by Gasteiger charge is 2.16. The Kier molecular flexibility index (Phi) is 3.76. The van der Waals surface area contributed by atoms with Crippen LogP contribution in [0.15, 0.2) is 34.8 Å². The van der Waals surface area contributed by atoms with Crippen molar-refractivity contribution in [3.63, 3.8) is 0 Å². The van der Waals surface area contributed by atoms with Crippen molar-refractivity contribution in [2.24, 2.45) is 0 Å². The molecule has 0 radical (unpaired) electrons. The van der Waals surface area contributed by atoms with Crippen LogP contribution in [0, 0.1) is 6.92 Å². The van der Waals surface area contributed by atoms with Crippen molar-refractivity contribution in [2.45, 2.75) is 26.7 Å². The Morgan fingerprint density at radius 3 is 2.67 bits per heavy atom. The molecule has 0 amide bonds. The zero-order valence-electron chi connectivity index (χ0n) is 12.1. The van der Waals surface area contributed by atoms with Gasteiger partial charge in [0.25, 0.3) is 0 Å². The molecular formula is C16H15BrClN3. The first kappa shape index (κ1) is 14.5. The highest BCUT2D eigenvalue weighted by atomic mass is 79.9. The van der Waals surface area contributed by atoms with Crippen molar-refractivity contribution in [1.29, 1.82) is 0 Å². The molecule has 0 atom stereocenters. The van der Waals surface area contributed by atoms with E-state index in [4.69, 9.17) is 16.7 Å². The minimum atomic E-state index is 0.343. The first-order valence-electron chi connectivity index (χ1n) is 6.79. The van der Waals surface area contributed by atoms with Gasteiger partial charge in [-0.3, -0.25) is 0 Å². The summed E-state index contributed by atoms with van der Waals surface area (Å²) < 4.78 is 2.93. The van der Waals surface area contributed by atoms with Gasteiger partial charge in [-0.05, 0) is 40.9 Å². The van der Waals surface area contributed by atoms with Gasteiger partial charge in [-0.2, -0.15) is 5.10 Å². The lowest BCUT2D eigenvalue weighted by Gasteiger charge is -2.12. The molecule has 3 rings (SSSR count). The van der Waals surface area contributed by atoms with Gasteiger partial charge in [-0.25, -0.2) is 9.50 Å². The Morgan fingerprint density at radius 2 is 2.00 bits per heavy atom. The third-order valence-electron chi connectivity index (χ3n) is 3.41. The molecule has 108 valence electrons. The molecule has 3 nitrogen and oxygen atoms in total. The van der Waals surface area contributed by atoms with Gasteiger partial charge in [0.1, 0.15) is 0 Å². The van der Waals surface area contributed by atoms with Crippen molar-refractivity contribution in [3.8, 4) is 11.3 Å². The number of fused-ring (bicyclic) bond motifs is 1. The monoisotopic (exact) mass is 363 g/mol. The second kappa shape index (κ2) is 5.43. The zero-order chi connectivity index (χ0) is 15.1. The van der Waals surface area contributed by atoms with E-state index in [2.05, 4.69) is 34.8 Å². The molecule has 0 spiro atoms. The van der Waals surface area contributed by atoms with E-state index in [-0.39, 0.29) is 0 Å². The maximum atomic E-state index is 6.07. The van der Waals surface area contributed by atoms with E-state index in [1.165, 1.54) is 0 Å². The number of halogens is 2. The van der Waals surface area contributed by atoms with Crippen LogP contribution in [0.2, 0.25) is 5.02 Å². The number of aromatic nitrogens is 3. The summed E-state index contributed by atoms with van der Waals surface area (Å²) in [5, 5.41) is 5.42. The van der Waals surface area contributed by atoms with Crippen LogP contribution in [0.5, 0.6) is 0 Å². The molecule has 0 bridgehead atoms. The first-order valence-corrected chi connectivity index (χ1v) is 7.96. The van der Waals surface area contributed by atoms with Gasteiger partial charge in [-0.1, -0.05) is 37.6 Å². The van der Waals surface area contributed by atoms with E-state index in [9.17, 15) is 0 Å². The topological polar surface area (TPSA) is 30.2 Å². The maximum Gasteiger partial charge on any atom is 0.156 e. The van der Waals surface area contributed by atoms with E-state index < -0.39 is 0 Å². The van der Waals surface area contributed by atoms with E-state index in [1.807, 2.05) is 41.8 Å². The quantitative estimate of drug-likeness (QED) is 0.622. The van der Waals surface area contributed by atoms with Crippen molar-refractivity contribution in [3.05, 3.63) is 51.2 Å². The molecular weight excluding hydrogens is 350 g/mol. The molecule has 3 aromatic rings. The highest BCUT2D eigenvalue weighted by molar-refractivity contribution is 9.10. The average Bonchev–Trinajstić information content (AvgIpc) is 2.82. The molecule has 1 aromatic carbocycles. The second-order valence-corrected chi connectivity index (χ2v) is 6.59. The van der Waals surface area contributed by atoms with Crippen LogP contribution in [0.3, 0.4) is 0 Å². The number of hydrogen-bond donors (Lipinski definition) is 0. The summed E-state index contributed by atoms with van der Waals surface area (Å²) in [6, 6.07) is 9.71. The fourth-order valence-electron chi connectivity index (χ4n) is 2.41. The lowest BCUT2D eigenvalue weighted by molar-refractivity contribution is 0.739. The van der Waals surface area contributed by atoms with E-state index in [0.29, 0.717) is 10.9 Å². The van der Waals surface area contributed by atoms with Gasteiger partial charge in [-0.15, -0.1) is 0 Å². The minimum absolute atomic E-state index is 0.343. The molecule has 21 heavy (non-hydrogen) atoms. The molecule has 2 heterocycles. The summed E-state index contributed by atoms with van der Waals surface area (Å²) in [6.07, 6.45) is 0. The average molecular weight is 365 g/mol. The predicted octanol–water partition coefficient (Wildman–Crippen LogP) is 5.24. The molecule has 0 saturated heterocycles. The van der Waals surface area contributed by atoms with Gasteiger partial charge in [0.05, 0.1) is 21.6 Å². The lowest BCUT2D eigenvalue weighted by Crippen LogP contribution is -2.05. The molecule has 0 aliphatic carbocycles. The van der Waals surface area contributed by atoms with Crippen LogP contribution in [0.4, 0.5) is 0 Å². The Bertz CT molecular complexity index is 824. The summed E-state index contributed by atoms with van der Waals surface area (Å²) in [5.41, 5.74) is 4.84.